The maximum atomic E-state index is 12.9. The number of benzene rings is 2. The third-order valence-electron chi connectivity index (χ3n) is 3.95. The van der Waals surface area contributed by atoms with Crippen molar-refractivity contribution in [3.05, 3.63) is 56.7 Å². The zero-order valence-electron chi connectivity index (χ0n) is 14.5. The molecule has 0 aliphatic carbocycles. The van der Waals surface area contributed by atoms with Crippen LogP contribution in [0.2, 0.25) is 5.02 Å². The van der Waals surface area contributed by atoms with Gasteiger partial charge in [-0.25, -0.2) is 8.42 Å². The average molecular weight is 451 g/mol. The third-order valence-corrected chi connectivity index (χ3v) is 6.56. The normalized spacial score (nSPS) is 12.7. The van der Waals surface area contributed by atoms with Crippen LogP contribution in [0.1, 0.15) is 25.5 Å². The second kappa shape index (κ2) is 7.09. The maximum Gasteiger partial charge on any atom is 0.416 e. The Kier molecular flexibility index (Phi) is 5.24. The molecule has 0 radical (unpaired) electrons. The van der Waals surface area contributed by atoms with Crippen molar-refractivity contribution >= 4 is 48.9 Å². The first-order valence-electron chi connectivity index (χ1n) is 7.95. The van der Waals surface area contributed by atoms with Gasteiger partial charge in [-0.15, -0.1) is 0 Å². The monoisotopic (exact) mass is 450 g/mol. The van der Waals surface area contributed by atoms with Crippen LogP contribution in [-0.4, -0.2) is 13.0 Å². The molecule has 0 spiro atoms. The molecular formula is C17H14ClF3N2O3S2. The number of nitrogens with zero attached hydrogens (tertiary/aromatic N) is 1. The highest BCUT2D eigenvalue weighted by Crippen LogP contribution is 2.35. The molecule has 11 heteroatoms. The van der Waals surface area contributed by atoms with Crippen LogP contribution in [0.15, 0.2) is 46.1 Å². The predicted molar refractivity (Wildman–Crippen MR) is 104 cm³/mol. The molecule has 0 bridgehead atoms. The van der Waals surface area contributed by atoms with E-state index in [9.17, 15) is 26.4 Å². The van der Waals surface area contributed by atoms with Crippen LogP contribution < -0.4 is 9.60 Å². The Morgan fingerprint density at radius 3 is 2.43 bits per heavy atom. The van der Waals surface area contributed by atoms with Crippen LogP contribution in [0.25, 0.3) is 10.2 Å². The number of halogens is 4. The number of alkyl halides is 3. The summed E-state index contributed by atoms with van der Waals surface area (Å²) in [5.41, 5.74) is -0.831. The van der Waals surface area contributed by atoms with Gasteiger partial charge in [-0.3, -0.25) is 14.1 Å². The van der Waals surface area contributed by atoms with Gasteiger partial charge in [0.05, 0.1) is 31.4 Å². The molecule has 3 aromatic rings. The van der Waals surface area contributed by atoms with Crippen LogP contribution in [0.5, 0.6) is 0 Å². The van der Waals surface area contributed by atoms with Crippen LogP contribution in [0, 0.1) is 0 Å². The Labute approximate surface area is 167 Å². The van der Waals surface area contributed by atoms with E-state index >= 15 is 0 Å². The number of anilines is 1. The Morgan fingerprint density at radius 1 is 1.14 bits per heavy atom. The minimum atomic E-state index is -4.64. The zero-order chi connectivity index (χ0) is 20.9. The second-order valence-electron chi connectivity index (χ2n) is 6.26. The molecule has 0 atom stereocenters. The summed E-state index contributed by atoms with van der Waals surface area (Å²) in [6.45, 7) is 3.66. The van der Waals surface area contributed by atoms with Crippen molar-refractivity contribution in [2.24, 2.45) is 0 Å². The molecule has 0 fully saturated rings. The van der Waals surface area contributed by atoms with Crippen LogP contribution >= 0.6 is 22.9 Å². The van der Waals surface area contributed by atoms with Crippen molar-refractivity contribution in [2.45, 2.75) is 31.0 Å². The predicted octanol–water partition coefficient (Wildman–Crippen LogP) is 5.12. The van der Waals surface area contributed by atoms with Crippen molar-refractivity contribution < 1.29 is 21.6 Å². The van der Waals surface area contributed by atoms with Crippen molar-refractivity contribution in [3.8, 4) is 0 Å². The van der Waals surface area contributed by atoms with Gasteiger partial charge in [-0.05, 0) is 50.2 Å². The van der Waals surface area contributed by atoms with E-state index in [4.69, 9.17) is 11.6 Å². The molecule has 3 rings (SSSR count). The number of thiazole rings is 1. The number of aromatic nitrogens is 1. The topological polar surface area (TPSA) is 68.2 Å². The fourth-order valence-corrected chi connectivity index (χ4v) is 5.10. The Morgan fingerprint density at radius 2 is 1.82 bits per heavy atom. The van der Waals surface area contributed by atoms with E-state index in [1.165, 1.54) is 22.8 Å². The minimum absolute atomic E-state index is 0.106. The van der Waals surface area contributed by atoms with Gasteiger partial charge in [0, 0.05) is 6.04 Å². The first-order valence-corrected chi connectivity index (χ1v) is 10.6. The first kappa shape index (κ1) is 20.7. The van der Waals surface area contributed by atoms with Crippen molar-refractivity contribution in [3.63, 3.8) is 0 Å². The standard InChI is InChI=1S/C17H14ClF3N2O3S2/c1-9(2)23-14-6-4-11(8-15(14)27-16(23)24)28(25,26)22-13-7-10(17(19,20)21)3-5-12(13)18/h3-9,22H,1-2H3. The Balaban J connectivity index is 2.03. The average Bonchev–Trinajstić information content (AvgIpc) is 2.90. The summed E-state index contributed by atoms with van der Waals surface area (Å²) in [5, 5.41) is -0.173. The molecule has 0 saturated carbocycles. The lowest BCUT2D eigenvalue weighted by atomic mass is 10.2. The Bertz CT molecular complexity index is 1210. The van der Waals surface area contributed by atoms with Crippen molar-refractivity contribution in [1.29, 1.82) is 0 Å². The molecule has 0 unspecified atom stereocenters. The van der Waals surface area contributed by atoms with E-state index in [-0.39, 0.29) is 26.5 Å². The van der Waals surface area contributed by atoms with Gasteiger partial charge in [-0.2, -0.15) is 13.2 Å². The molecule has 1 aromatic heterocycles. The lowest BCUT2D eigenvalue weighted by molar-refractivity contribution is -0.137. The van der Waals surface area contributed by atoms with E-state index < -0.39 is 21.8 Å². The van der Waals surface area contributed by atoms with Gasteiger partial charge in [0.25, 0.3) is 10.0 Å². The largest absolute Gasteiger partial charge is 0.416 e. The summed E-state index contributed by atoms with van der Waals surface area (Å²) < 4.78 is 68.0. The summed E-state index contributed by atoms with van der Waals surface area (Å²) in [5.74, 6) is 0. The highest BCUT2D eigenvalue weighted by atomic mass is 35.5. The molecular weight excluding hydrogens is 437 g/mol. The number of nitrogens with one attached hydrogen (secondary N) is 1. The van der Waals surface area contributed by atoms with Crippen LogP contribution in [0.3, 0.4) is 0 Å². The molecule has 5 nitrogen and oxygen atoms in total. The van der Waals surface area contributed by atoms with Crippen molar-refractivity contribution in [2.75, 3.05) is 4.72 Å². The quantitative estimate of drug-likeness (QED) is 0.600. The summed E-state index contributed by atoms with van der Waals surface area (Å²) >= 11 is 6.75. The molecule has 0 amide bonds. The van der Waals surface area contributed by atoms with E-state index in [1.54, 1.807) is 0 Å². The number of fused-ring (bicyclic) bond motifs is 1. The first-order chi connectivity index (χ1) is 12.9. The third kappa shape index (κ3) is 3.89. The number of hydrogen-bond acceptors (Lipinski definition) is 4. The molecule has 0 aliphatic rings. The van der Waals surface area contributed by atoms with Gasteiger partial charge in [-0.1, -0.05) is 22.9 Å². The van der Waals surface area contributed by atoms with Gasteiger partial charge in [0.15, 0.2) is 0 Å². The van der Waals surface area contributed by atoms with Gasteiger partial charge >= 0.3 is 11.0 Å². The smallest absolute Gasteiger partial charge is 0.296 e. The molecule has 0 aliphatic heterocycles. The Hall–Kier alpha value is -2.04. The lowest BCUT2D eigenvalue weighted by Crippen LogP contribution is -2.15. The highest BCUT2D eigenvalue weighted by Gasteiger charge is 2.31. The minimum Gasteiger partial charge on any atom is -0.296 e. The molecule has 150 valence electrons. The van der Waals surface area contributed by atoms with Crippen molar-refractivity contribution in [1.82, 2.24) is 4.57 Å². The molecule has 1 N–H and O–H groups in total. The maximum absolute atomic E-state index is 12.9. The summed E-state index contributed by atoms with van der Waals surface area (Å²) in [4.78, 5) is 11.7. The summed E-state index contributed by atoms with van der Waals surface area (Å²) in [7, 11) is -4.22. The highest BCUT2D eigenvalue weighted by molar-refractivity contribution is 7.92. The second-order valence-corrected chi connectivity index (χ2v) is 9.34. The van der Waals surface area contributed by atoms with Crippen LogP contribution in [0.4, 0.5) is 18.9 Å². The molecule has 0 saturated heterocycles. The lowest BCUT2D eigenvalue weighted by Gasteiger charge is -2.13. The van der Waals surface area contributed by atoms with E-state index in [2.05, 4.69) is 4.72 Å². The van der Waals surface area contributed by atoms with E-state index in [0.29, 0.717) is 16.3 Å². The fraction of sp³-hybridized carbons (Fsp3) is 0.235. The molecule has 28 heavy (non-hydrogen) atoms. The molecule has 1 heterocycles. The van der Waals surface area contributed by atoms with Crippen LogP contribution in [-0.2, 0) is 16.2 Å². The fourth-order valence-electron chi connectivity index (χ4n) is 2.66. The number of rotatable bonds is 4. The van der Waals surface area contributed by atoms with Gasteiger partial charge in [0.1, 0.15) is 0 Å². The SMILES string of the molecule is CC(C)n1c(=O)sc2cc(S(=O)(=O)Nc3cc(C(F)(F)F)ccc3Cl)ccc21. The number of sulfonamides is 1. The zero-order valence-corrected chi connectivity index (χ0v) is 16.9. The summed E-state index contributed by atoms with van der Waals surface area (Å²) in [6, 6.07) is 6.35. The van der Waals surface area contributed by atoms with E-state index in [1.807, 2.05) is 13.8 Å². The summed E-state index contributed by atoms with van der Waals surface area (Å²) in [6.07, 6.45) is -4.64. The van der Waals surface area contributed by atoms with E-state index in [0.717, 1.165) is 23.5 Å². The van der Waals surface area contributed by atoms with Gasteiger partial charge in [0.2, 0.25) is 0 Å². The van der Waals surface area contributed by atoms with Gasteiger partial charge < -0.3 is 0 Å². The molecule has 2 aromatic carbocycles. The number of hydrogen-bond donors (Lipinski definition) is 1.